The van der Waals surface area contributed by atoms with Gasteiger partial charge in [-0.15, -0.1) is 0 Å². The Labute approximate surface area is 100 Å². The van der Waals surface area contributed by atoms with Crippen molar-refractivity contribution in [3.05, 3.63) is 35.4 Å². The molecule has 0 aromatic carbocycles. The molecule has 0 saturated heterocycles. The van der Waals surface area contributed by atoms with E-state index >= 15 is 0 Å². The maximum Gasteiger partial charge on any atom is 0.165 e. The van der Waals surface area contributed by atoms with Gasteiger partial charge in [-0.1, -0.05) is 6.92 Å². The smallest absolute Gasteiger partial charge is 0.165 e. The van der Waals surface area contributed by atoms with Gasteiger partial charge in [0.2, 0.25) is 0 Å². The van der Waals surface area contributed by atoms with Crippen LogP contribution in [0, 0.1) is 6.92 Å². The van der Waals surface area contributed by atoms with Crippen molar-refractivity contribution >= 4 is 5.78 Å². The molecule has 0 aliphatic carbocycles. The van der Waals surface area contributed by atoms with E-state index in [0.717, 1.165) is 11.4 Å². The molecule has 0 aliphatic heterocycles. The second kappa shape index (κ2) is 4.53. The quantitative estimate of drug-likeness (QED) is 0.752. The van der Waals surface area contributed by atoms with Gasteiger partial charge in [0.15, 0.2) is 5.78 Å². The number of aromatic nitrogens is 4. The molecule has 0 spiro atoms. The maximum absolute atomic E-state index is 11.5. The zero-order chi connectivity index (χ0) is 12.4. The molecule has 0 atom stereocenters. The summed E-state index contributed by atoms with van der Waals surface area (Å²) in [7, 11) is 1.91. The van der Waals surface area contributed by atoms with E-state index in [0.29, 0.717) is 18.5 Å². The minimum atomic E-state index is 0.123. The third-order valence-corrected chi connectivity index (χ3v) is 2.70. The highest BCUT2D eigenvalue weighted by atomic mass is 16.1. The summed E-state index contributed by atoms with van der Waals surface area (Å²) in [5.74, 6) is 0.123. The normalized spacial score (nSPS) is 10.8. The summed E-state index contributed by atoms with van der Waals surface area (Å²) in [4.78, 5) is 11.5. The highest BCUT2D eigenvalue weighted by molar-refractivity contribution is 5.95. The van der Waals surface area contributed by atoms with Crippen molar-refractivity contribution in [1.82, 2.24) is 19.6 Å². The molecule has 5 nitrogen and oxygen atoms in total. The predicted molar refractivity (Wildman–Crippen MR) is 63.9 cm³/mol. The van der Waals surface area contributed by atoms with Gasteiger partial charge >= 0.3 is 0 Å². The van der Waals surface area contributed by atoms with Gasteiger partial charge in [-0.2, -0.15) is 10.2 Å². The monoisotopic (exact) mass is 232 g/mol. The summed E-state index contributed by atoms with van der Waals surface area (Å²) in [6.07, 6.45) is 3.92. The first kappa shape index (κ1) is 11.6. The van der Waals surface area contributed by atoms with E-state index in [-0.39, 0.29) is 5.78 Å². The van der Waals surface area contributed by atoms with Crippen LogP contribution in [0.5, 0.6) is 0 Å². The largest absolute Gasteiger partial charge is 0.294 e. The fourth-order valence-corrected chi connectivity index (χ4v) is 1.78. The Kier molecular flexibility index (Phi) is 3.08. The fourth-order valence-electron chi connectivity index (χ4n) is 1.78. The van der Waals surface area contributed by atoms with Crippen molar-refractivity contribution in [2.24, 2.45) is 7.05 Å². The highest BCUT2D eigenvalue weighted by Crippen LogP contribution is 2.07. The van der Waals surface area contributed by atoms with Crippen molar-refractivity contribution in [1.29, 1.82) is 0 Å². The van der Waals surface area contributed by atoms with Gasteiger partial charge < -0.3 is 0 Å². The van der Waals surface area contributed by atoms with Gasteiger partial charge in [-0.25, -0.2) is 0 Å². The Hall–Kier alpha value is -1.91. The molecule has 2 rings (SSSR count). The molecule has 0 bridgehead atoms. The summed E-state index contributed by atoms with van der Waals surface area (Å²) < 4.78 is 3.59. The lowest BCUT2D eigenvalue weighted by Gasteiger charge is -2.01. The number of aryl methyl sites for hydroxylation is 2. The molecule has 5 heteroatoms. The number of ketones is 1. The summed E-state index contributed by atoms with van der Waals surface area (Å²) in [5.41, 5.74) is 2.73. The van der Waals surface area contributed by atoms with Crippen LogP contribution in [-0.2, 0) is 13.6 Å². The topological polar surface area (TPSA) is 52.7 Å². The summed E-state index contributed by atoms with van der Waals surface area (Å²) in [6, 6.07) is 2.02. The van der Waals surface area contributed by atoms with Crippen molar-refractivity contribution in [3.8, 4) is 0 Å². The van der Waals surface area contributed by atoms with E-state index in [1.165, 1.54) is 0 Å². The van der Waals surface area contributed by atoms with Crippen LogP contribution in [0.1, 0.15) is 35.1 Å². The molecule has 2 aromatic rings. The lowest BCUT2D eigenvalue weighted by Crippen LogP contribution is -2.05. The molecule has 0 fully saturated rings. The van der Waals surface area contributed by atoms with Crippen molar-refractivity contribution in [2.45, 2.75) is 26.8 Å². The fraction of sp³-hybridized carbons (Fsp3) is 0.417. The van der Waals surface area contributed by atoms with Crippen LogP contribution >= 0.6 is 0 Å². The lowest BCUT2D eigenvalue weighted by atomic mass is 10.2. The summed E-state index contributed by atoms with van der Waals surface area (Å²) in [5, 5.41) is 8.46. The van der Waals surface area contributed by atoms with Gasteiger partial charge in [0.25, 0.3) is 0 Å². The van der Waals surface area contributed by atoms with Gasteiger partial charge in [0.05, 0.1) is 29.7 Å². The SMILES string of the molecule is CCC(=O)c1cnn(Cc2cc(C)nn2C)c1. The predicted octanol–water partition coefficient (Wildman–Crippen LogP) is 1.57. The molecule has 0 saturated carbocycles. The number of nitrogens with zero attached hydrogens (tertiary/aromatic N) is 4. The first-order valence-corrected chi connectivity index (χ1v) is 5.65. The average Bonchev–Trinajstić information content (AvgIpc) is 2.86. The summed E-state index contributed by atoms with van der Waals surface area (Å²) in [6.45, 7) is 4.44. The van der Waals surface area contributed by atoms with Crippen LogP contribution < -0.4 is 0 Å². The van der Waals surface area contributed by atoms with Gasteiger partial charge in [0, 0.05) is 19.7 Å². The standard InChI is InChI=1S/C12H16N4O/c1-4-12(17)10-6-13-16(7-10)8-11-5-9(2)14-15(11)3/h5-7H,4,8H2,1-3H3. The Balaban J connectivity index is 2.17. The second-order valence-electron chi connectivity index (χ2n) is 4.10. The van der Waals surface area contributed by atoms with Gasteiger partial charge in [0.1, 0.15) is 0 Å². The Bertz CT molecular complexity index is 538. The molecule has 0 aliphatic rings. The molecule has 0 radical (unpaired) electrons. The zero-order valence-electron chi connectivity index (χ0n) is 10.3. The van der Waals surface area contributed by atoms with E-state index in [9.17, 15) is 4.79 Å². The van der Waals surface area contributed by atoms with E-state index in [4.69, 9.17) is 0 Å². The lowest BCUT2D eigenvalue weighted by molar-refractivity contribution is 0.0988. The van der Waals surface area contributed by atoms with Crippen LogP contribution in [0.4, 0.5) is 0 Å². The van der Waals surface area contributed by atoms with Gasteiger partial charge in [-0.05, 0) is 13.0 Å². The minimum absolute atomic E-state index is 0.123. The van der Waals surface area contributed by atoms with Crippen LogP contribution in [0.15, 0.2) is 18.5 Å². The molecular weight excluding hydrogens is 216 g/mol. The third kappa shape index (κ3) is 2.43. The first-order valence-electron chi connectivity index (χ1n) is 5.65. The maximum atomic E-state index is 11.5. The van der Waals surface area contributed by atoms with E-state index in [2.05, 4.69) is 10.2 Å². The van der Waals surface area contributed by atoms with E-state index < -0.39 is 0 Å². The van der Waals surface area contributed by atoms with Crippen LogP contribution in [0.25, 0.3) is 0 Å². The number of hydrogen-bond donors (Lipinski definition) is 0. The van der Waals surface area contributed by atoms with Crippen molar-refractivity contribution in [2.75, 3.05) is 0 Å². The van der Waals surface area contributed by atoms with Crippen LogP contribution in [0.2, 0.25) is 0 Å². The van der Waals surface area contributed by atoms with Crippen LogP contribution in [0.3, 0.4) is 0 Å². The first-order chi connectivity index (χ1) is 8.10. The summed E-state index contributed by atoms with van der Waals surface area (Å²) >= 11 is 0. The third-order valence-electron chi connectivity index (χ3n) is 2.70. The second-order valence-corrected chi connectivity index (χ2v) is 4.10. The highest BCUT2D eigenvalue weighted by Gasteiger charge is 2.08. The van der Waals surface area contributed by atoms with Crippen LogP contribution in [-0.4, -0.2) is 25.3 Å². The molecule has 2 aromatic heterocycles. The number of hydrogen-bond acceptors (Lipinski definition) is 3. The molecule has 90 valence electrons. The molecule has 17 heavy (non-hydrogen) atoms. The number of Topliss-reactive ketones (excluding diaryl/α,β-unsaturated/α-hetero) is 1. The van der Waals surface area contributed by atoms with E-state index in [1.807, 2.05) is 31.6 Å². The van der Waals surface area contributed by atoms with Crippen molar-refractivity contribution in [3.63, 3.8) is 0 Å². The molecule has 2 heterocycles. The molecular formula is C12H16N4O. The zero-order valence-corrected chi connectivity index (χ0v) is 10.3. The Morgan fingerprint density at radius 2 is 2.24 bits per heavy atom. The number of rotatable bonds is 4. The average molecular weight is 232 g/mol. The van der Waals surface area contributed by atoms with Crippen molar-refractivity contribution < 1.29 is 4.79 Å². The molecule has 0 N–H and O–H groups in total. The Morgan fingerprint density at radius 1 is 1.47 bits per heavy atom. The Morgan fingerprint density at radius 3 is 2.82 bits per heavy atom. The van der Waals surface area contributed by atoms with E-state index in [1.54, 1.807) is 17.1 Å². The molecule has 0 amide bonds. The van der Waals surface area contributed by atoms with Gasteiger partial charge in [-0.3, -0.25) is 14.2 Å². The molecule has 0 unspecified atom stereocenters. The minimum Gasteiger partial charge on any atom is -0.294 e. The number of carbonyl (C=O) groups is 1. The number of carbonyl (C=O) groups excluding carboxylic acids is 1.